The van der Waals surface area contributed by atoms with Crippen LogP contribution in [0.1, 0.15) is 30.0 Å². The summed E-state index contributed by atoms with van der Waals surface area (Å²) >= 11 is 5.43. The van der Waals surface area contributed by atoms with E-state index in [4.69, 9.17) is 17.0 Å². The van der Waals surface area contributed by atoms with Gasteiger partial charge in [0.2, 0.25) is 5.88 Å². The van der Waals surface area contributed by atoms with Crippen LogP contribution < -0.4 is 15.4 Å². The molecule has 0 unspecified atom stereocenters. The molecule has 0 aliphatic heterocycles. The van der Waals surface area contributed by atoms with E-state index in [-0.39, 0.29) is 6.04 Å². The molecule has 0 saturated carbocycles. The molecular formula is C17H19N3OS. The minimum Gasteiger partial charge on any atom is -0.481 e. The molecule has 0 bridgehead atoms. The van der Waals surface area contributed by atoms with Gasteiger partial charge in [0.1, 0.15) is 0 Å². The van der Waals surface area contributed by atoms with Crippen LogP contribution in [0.4, 0.5) is 5.69 Å². The Labute approximate surface area is 135 Å². The Bertz CT molecular complexity index is 657. The van der Waals surface area contributed by atoms with Gasteiger partial charge in [0.05, 0.1) is 25.0 Å². The van der Waals surface area contributed by atoms with E-state index in [0.717, 1.165) is 18.5 Å². The van der Waals surface area contributed by atoms with Gasteiger partial charge in [-0.25, -0.2) is 4.98 Å². The minimum atomic E-state index is 0.274. The molecule has 1 aliphatic carbocycles. The summed E-state index contributed by atoms with van der Waals surface area (Å²) in [5.41, 5.74) is 3.62. The lowest BCUT2D eigenvalue weighted by atomic mass is 9.88. The van der Waals surface area contributed by atoms with E-state index in [2.05, 4.69) is 39.9 Å². The lowest BCUT2D eigenvalue weighted by Gasteiger charge is -2.27. The van der Waals surface area contributed by atoms with Crippen molar-refractivity contribution < 1.29 is 4.74 Å². The highest BCUT2D eigenvalue weighted by atomic mass is 32.1. The van der Waals surface area contributed by atoms with Crippen LogP contribution in [0.25, 0.3) is 0 Å². The fourth-order valence-electron chi connectivity index (χ4n) is 2.80. The Morgan fingerprint density at radius 2 is 2.14 bits per heavy atom. The van der Waals surface area contributed by atoms with Crippen LogP contribution in [0, 0.1) is 0 Å². The standard InChI is InChI=1S/C17H19N3OS/c1-21-16-10-9-13(11-18-16)19-17(22)20-15-8-4-6-12-5-2-3-7-14(12)15/h2-3,5,7,9-11,15H,4,6,8H2,1H3,(H2,19,20,22)/t15-/m0/s1. The van der Waals surface area contributed by atoms with E-state index in [1.807, 2.05) is 6.07 Å². The van der Waals surface area contributed by atoms with Crippen molar-refractivity contribution in [3.05, 3.63) is 53.7 Å². The van der Waals surface area contributed by atoms with Gasteiger partial charge in [-0.2, -0.15) is 0 Å². The van der Waals surface area contributed by atoms with Crippen molar-refractivity contribution in [2.24, 2.45) is 0 Å². The summed E-state index contributed by atoms with van der Waals surface area (Å²) in [5, 5.41) is 7.21. The van der Waals surface area contributed by atoms with Crippen LogP contribution in [0.15, 0.2) is 42.6 Å². The molecule has 0 spiro atoms. The van der Waals surface area contributed by atoms with Gasteiger partial charge in [0.15, 0.2) is 5.11 Å². The summed E-state index contributed by atoms with van der Waals surface area (Å²) in [4.78, 5) is 4.16. The Balaban J connectivity index is 1.65. The van der Waals surface area contributed by atoms with Gasteiger partial charge in [-0.3, -0.25) is 0 Å². The maximum atomic E-state index is 5.43. The third-order valence-electron chi connectivity index (χ3n) is 3.88. The number of anilines is 1. The largest absolute Gasteiger partial charge is 0.481 e. The average molecular weight is 313 g/mol. The van der Waals surface area contributed by atoms with E-state index in [9.17, 15) is 0 Å². The molecule has 3 rings (SSSR count). The topological polar surface area (TPSA) is 46.2 Å². The predicted molar refractivity (Wildman–Crippen MR) is 92.3 cm³/mol. The van der Waals surface area contributed by atoms with Gasteiger partial charge in [-0.15, -0.1) is 0 Å². The van der Waals surface area contributed by atoms with Gasteiger partial charge in [-0.05, 0) is 48.7 Å². The van der Waals surface area contributed by atoms with Gasteiger partial charge >= 0.3 is 0 Å². The molecule has 1 aromatic heterocycles. The van der Waals surface area contributed by atoms with Gasteiger partial charge in [0, 0.05) is 6.07 Å². The molecule has 1 heterocycles. The monoisotopic (exact) mass is 313 g/mol. The fourth-order valence-corrected chi connectivity index (χ4v) is 3.06. The predicted octanol–water partition coefficient (Wildman–Crippen LogP) is 3.45. The molecule has 0 radical (unpaired) electrons. The van der Waals surface area contributed by atoms with Crippen molar-refractivity contribution >= 4 is 23.0 Å². The number of thiocarbonyl (C=S) groups is 1. The van der Waals surface area contributed by atoms with E-state index in [0.29, 0.717) is 11.0 Å². The molecule has 2 N–H and O–H groups in total. The molecule has 0 saturated heterocycles. The quantitative estimate of drug-likeness (QED) is 0.850. The summed E-state index contributed by atoms with van der Waals surface area (Å²) < 4.78 is 5.05. The summed E-state index contributed by atoms with van der Waals surface area (Å²) in [6.45, 7) is 0. The third-order valence-corrected chi connectivity index (χ3v) is 4.10. The van der Waals surface area contributed by atoms with Crippen LogP contribution in [-0.2, 0) is 6.42 Å². The van der Waals surface area contributed by atoms with Crippen LogP contribution in [0.5, 0.6) is 5.88 Å². The summed E-state index contributed by atoms with van der Waals surface area (Å²) in [5.74, 6) is 0.589. The number of ether oxygens (including phenoxy) is 1. The maximum absolute atomic E-state index is 5.43. The molecule has 114 valence electrons. The van der Waals surface area contributed by atoms with E-state index < -0.39 is 0 Å². The highest BCUT2D eigenvalue weighted by molar-refractivity contribution is 7.80. The van der Waals surface area contributed by atoms with Gasteiger partial charge in [0.25, 0.3) is 0 Å². The first kappa shape index (κ1) is 14.8. The van der Waals surface area contributed by atoms with Crippen molar-refractivity contribution in [1.29, 1.82) is 0 Å². The molecule has 22 heavy (non-hydrogen) atoms. The number of rotatable bonds is 3. The van der Waals surface area contributed by atoms with Crippen LogP contribution in [0.3, 0.4) is 0 Å². The molecule has 0 amide bonds. The van der Waals surface area contributed by atoms with Gasteiger partial charge < -0.3 is 15.4 Å². The number of pyridine rings is 1. The smallest absolute Gasteiger partial charge is 0.213 e. The average Bonchev–Trinajstić information content (AvgIpc) is 2.56. The van der Waals surface area contributed by atoms with Crippen LogP contribution in [0.2, 0.25) is 0 Å². The summed E-state index contributed by atoms with van der Waals surface area (Å²) in [7, 11) is 1.60. The van der Waals surface area contributed by atoms with Gasteiger partial charge in [-0.1, -0.05) is 24.3 Å². The van der Waals surface area contributed by atoms with Crippen molar-refractivity contribution in [3.63, 3.8) is 0 Å². The molecule has 4 nitrogen and oxygen atoms in total. The first-order valence-electron chi connectivity index (χ1n) is 7.41. The zero-order valence-electron chi connectivity index (χ0n) is 12.5. The van der Waals surface area contributed by atoms with Crippen molar-refractivity contribution in [2.75, 3.05) is 12.4 Å². The molecule has 1 aromatic carbocycles. The van der Waals surface area contributed by atoms with Crippen molar-refractivity contribution in [2.45, 2.75) is 25.3 Å². The molecule has 2 aromatic rings. The van der Waals surface area contributed by atoms with Crippen molar-refractivity contribution in [3.8, 4) is 5.88 Å². The Kier molecular flexibility index (Phi) is 4.53. The molecule has 0 fully saturated rings. The zero-order chi connectivity index (χ0) is 15.4. The number of methoxy groups -OCH3 is 1. The number of nitrogens with zero attached hydrogens (tertiary/aromatic N) is 1. The normalized spacial score (nSPS) is 16.5. The first-order valence-corrected chi connectivity index (χ1v) is 7.82. The van der Waals surface area contributed by atoms with Crippen molar-refractivity contribution in [1.82, 2.24) is 10.3 Å². The second kappa shape index (κ2) is 6.75. The lowest BCUT2D eigenvalue weighted by Crippen LogP contribution is -2.34. The Morgan fingerprint density at radius 1 is 1.27 bits per heavy atom. The number of nitrogens with one attached hydrogen (secondary N) is 2. The number of aryl methyl sites for hydroxylation is 1. The Morgan fingerprint density at radius 3 is 2.91 bits per heavy atom. The number of fused-ring (bicyclic) bond motifs is 1. The number of hydrogen-bond acceptors (Lipinski definition) is 3. The van der Waals surface area contributed by atoms with E-state index in [1.165, 1.54) is 17.5 Å². The molecule has 1 atom stereocenters. The highest BCUT2D eigenvalue weighted by Gasteiger charge is 2.20. The highest BCUT2D eigenvalue weighted by Crippen LogP contribution is 2.29. The number of hydrogen-bond donors (Lipinski definition) is 2. The zero-order valence-corrected chi connectivity index (χ0v) is 13.3. The Hall–Kier alpha value is -2.14. The first-order chi connectivity index (χ1) is 10.8. The van der Waals surface area contributed by atoms with E-state index in [1.54, 1.807) is 19.4 Å². The number of aromatic nitrogens is 1. The SMILES string of the molecule is COc1ccc(NC(=S)N[C@H]2CCCc3ccccc32)cn1. The number of benzene rings is 1. The second-order valence-corrected chi connectivity index (χ2v) is 5.74. The lowest BCUT2D eigenvalue weighted by molar-refractivity contribution is 0.398. The van der Waals surface area contributed by atoms with Crippen LogP contribution >= 0.6 is 12.2 Å². The summed E-state index contributed by atoms with van der Waals surface area (Å²) in [6, 6.07) is 12.5. The molecule has 5 heteroatoms. The minimum absolute atomic E-state index is 0.274. The van der Waals surface area contributed by atoms with E-state index >= 15 is 0 Å². The second-order valence-electron chi connectivity index (χ2n) is 5.33. The fraction of sp³-hybridized carbons (Fsp3) is 0.294. The molecule has 1 aliphatic rings. The van der Waals surface area contributed by atoms with Crippen LogP contribution in [-0.4, -0.2) is 17.2 Å². The molecular weight excluding hydrogens is 294 g/mol. The third kappa shape index (κ3) is 3.36. The summed E-state index contributed by atoms with van der Waals surface area (Å²) in [6.07, 6.45) is 5.14. The maximum Gasteiger partial charge on any atom is 0.213 e.